The summed E-state index contributed by atoms with van der Waals surface area (Å²) in [5.74, 6) is -1.80. The number of nitrogens with one attached hydrogen (secondary N) is 1. The Morgan fingerprint density at radius 2 is 1.44 bits per heavy atom. The van der Waals surface area contributed by atoms with Crippen LogP contribution in [0.2, 0.25) is 11.4 Å². The predicted molar refractivity (Wildman–Crippen MR) is 99.1 cm³/mol. The van der Waals surface area contributed by atoms with Crippen LogP contribution in [-0.2, 0) is 38.1 Å². The van der Waals surface area contributed by atoms with Crippen molar-refractivity contribution in [2.24, 2.45) is 0 Å². The van der Waals surface area contributed by atoms with Crippen molar-refractivity contribution in [3.05, 3.63) is 0 Å². The van der Waals surface area contributed by atoms with Gasteiger partial charge in [-0.15, -0.1) is 0 Å². The van der Waals surface area contributed by atoms with E-state index in [4.69, 9.17) is 18.9 Å². The van der Waals surface area contributed by atoms with Gasteiger partial charge in [0.1, 0.15) is 0 Å². The van der Waals surface area contributed by atoms with E-state index in [2.05, 4.69) is 16.7 Å². The molecule has 1 fully saturated rings. The molecule has 9 nitrogen and oxygen atoms in total. The van der Waals surface area contributed by atoms with Gasteiger partial charge in [0.25, 0.3) is 0 Å². The first-order valence-electron chi connectivity index (χ1n) is 8.25. The molecule has 0 aromatic carbocycles. The van der Waals surface area contributed by atoms with Crippen molar-refractivity contribution < 1.29 is 38.1 Å². The molecule has 5 atom stereocenters. The van der Waals surface area contributed by atoms with Gasteiger partial charge in [0, 0.05) is 0 Å². The second kappa shape index (κ2) is 10.9. The third kappa shape index (κ3) is 8.11. The Bertz CT molecular complexity index is 573. The Balaban J connectivity index is 3.27. The van der Waals surface area contributed by atoms with Crippen LogP contribution in [0.4, 0.5) is 0 Å². The fourth-order valence-electron chi connectivity index (χ4n) is 2.58. The number of ether oxygens (including phenoxy) is 4. The van der Waals surface area contributed by atoms with E-state index in [0.29, 0.717) is 5.75 Å². The van der Waals surface area contributed by atoms with Gasteiger partial charge in [-0.05, 0) is 0 Å². The van der Waals surface area contributed by atoms with E-state index in [0.717, 1.165) is 0 Å². The summed E-state index contributed by atoms with van der Waals surface area (Å²) in [5, 5.41) is 2.57. The van der Waals surface area contributed by atoms with Crippen LogP contribution in [0.3, 0.4) is 0 Å². The number of hydrogen-bond acceptors (Lipinski definition) is 9. The molecular weight excluding hydrogens is 441 g/mol. The van der Waals surface area contributed by atoms with Gasteiger partial charge in [-0.2, -0.15) is 0 Å². The molecule has 27 heavy (non-hydrogen) atoms. The third-order valence-electron chi connectivity index (χ3n) is 3.40. The van der Waals surface area contributed by atoms with Crippen molar-refractivity contribution in [2.75, 3.05) is 5.75 Å². The van der Waals surface area contributed by atoms with Crippen molar-refractivity contribution in [3.63, 3.8) is 0 Å². The van der Waals surface area contributed by atoms with Crippen molar-refractivity contribution >= 4 is 47.3 Å². The minimum atomic E-state index is -1.18. The van der Waals surface area contributed by atoms with E-state index in [1.807, 2.05) is 0 Å². The van der Waals surface area contributed by atoms with Gasteiger partial charge in [0.2, 0.25) is 0 Å². The van der Waals surface area contributed by atoms with Crippen LogP contribution in [0.5, 0.6) is 0 Å². The Hall–Kier alpha value is -1.25. The predicted octanol–water partition coefficient (Wildman–Crippen LogP) is 0.627. The number of esters is 3. The molecule has 1 aliphatic heterocycles. The average molecular weight is 467 g/mol. The van der Waals surface area contributed by atoms with E-state index in [1.54, 1.807) is 10.0 Å². The molecule has 0 aromatic rings. The Morgan fingerprint density at radius 1 is 0.926 bits per heavy atom. The van der Waals surface area contributed by atoms with E-state index >= 15 is 0 Å². The Labute approximate surface area is 166 Å². The molecule has 1 saturated heterocycles. The summed E-state index contributed by atoms with van der Waals surface area (Å²) < 4.78 is 21.8. The minimum absolute atomic E-state index is 0.442. The summed E-state index contributed by atoms with van der Waals surface area (Å²) in [5.41, 5.74) is 4.27. The monoisotopic (exact) mass is 467 g/mol. The van der Waals surface area contributed by atoms with Gasteiger partial charge in [-0.3, -0.25) is 0 Å². The van der Waals surface area contributed by atoms with Crippen molar-refractivity contribution in [3.8, 4) is 0 Å². The van der Waals surface area contributed by atoms with Gasteiger partial charge in [-0.25, -0.2) is 0 Å². The SMILES string of the molecule is CC(=O)NC1C(OC(C)=O)OC(CS[As](C)C)C(OC(C)=O)C1OC(C)=O. The molecular formula is C16H26AsNO8S. The standard InChI is InChI=1S/C16H26AsNO8S/c1-8(19)18-13-15(24-10(3)21)14(23-9(2)20)12(7-27-17(5)6)26-16(13)25-11(4)22/h12-16H,7H2,1-6H3,(H,18,19). The first-order valence-corrected chi connectivity index (χ1v) is 15.2. The van der Waals surface area contributed by atoms with E-state index in [-0.39, 0.29) is 0 Å². The van der Waals surface area contributed by atoms with Gasteiger partial charge >= 0.3 is 166 Å². The third-order valence-corrected chi connectivity index (χ3v) is 8.58. The quantitative estimate of drug-likeness (QED) is 0.327. The normalized spacial score (nSPS) is 27.6. The van der Waals surface area contributed by atoms with Crippen LogP contribution in [0.25, 0.3) is 0 Å². The molecule has 0 bridgehead atoms. The van der Waals surface area contributed by atoms with Crippen LogP contribution < -0.4 is 5.32 Å². The summed E-state index contributed by atoms with van der Waals surface area (Å²) in [4.78, 5) is 46.4. The number of carbonyl (C=O) groups excluding carboxylic acids is 4. The zero-order chi connectivity index (χ0) is 20.7. The molecule has 1 amide bonds. The topological polar surface area (TPSA) is 117 Å². The zero-order valence-corrected chi connectivity index (χ0v) is 18.9. The molecule has 11 heteroatoms. The summed E-state index contributed by atoms with van der Waals surface area (Å²) in [6.45, 7) is 4.91. The maximum atomic E-state index is 11.7. The molecule has 0 saturated carbocycles. The summed E-state index contributed by atoms with van der Waals surface area (Å²) >= 11 is -1.10. The van der Waals surface area contributed by atoms with Crippen molar-refractivity contribution in [1.29, 1.82) is 0 Å². The zero-order valence-electron chi connectivity index (χ0n) is 16.2. The summed E-state index contributed by atoms with van der Waals surface area (Å²) in [7, 11) is 1.69. The fourth-order valence-corrected chi connectivity index (χ4v) is 6.09. The van der Waals surface area contributed by atoms with Gasteiger partial charge in [0.05, 0.1) is 0 Å². The molecule has 1 aliphatic rings. The Kier molecular flexibility index (Phi) is 9.62. The molecule has 0 radical (unpaired) electrons. The molecule has 0 aliphatic carbocycles. The average Bonchev–Trinajstić information content (AvgIpc) is 2.49. The summed E-state index contributed by atoms with van der Waals surface area (Å²) in [6, 6.07) is -1.02. The number of rotatable bonds is 7. The van der Waals surface area contributed by atoms with E-state index in [9.17, 15) is 19.2 Å². The van der Waals surface area contributed by atoms with Crippen LogP contribution in [0, 0.1) is 0 Å². The van der Waals surface area contributed by atoms with Crippen molar-refractivity contribution in [1.82, 2.24) is 5.32 Å². The van der Waals surface area contributed by atoms with E-state index in [1.165, 1.54) is 27.7 Å². The van der Waals surface area contributed by atoms with Crippen LogP contribution in [-0.4, -0.2) is 73.7 Å². The van der Waals surface area contributed by atoms with E-state index < -0.39 is 68.0 Å². The Morgan fingerprint density at radius 3 is 1.89 bits per heavy atom. The second-order valence-corrected chi connectivity index (χ2v) is 15.6. The van der Waals surface area contributed by atoms with Gasteiger partial charge < -0.3 is 0 Å². The molecule has 1 heterocycles. The summed E-state index contributed by atoms with van der Waals surface area (Å²) in [6.07, 6.45) is -3.86. The second-order valence-electron chi connectivity index (χ2n) is 6.13. The molecule has 0 aromatic heterocycles. The van der Waals surface area contributed by atoms with Crippen LogP contribution in [0.15, 0.2) is 0 Å². The molecule has 1 rings (SSSR count). The molecule has 1 N–H and O–H groups in total. The molecule has 154 valence electrons. The first-order chi connectivity index (χ1) is 12.5. The van der Waals surface area contributed by atoms with Crippen LogP contribution in [0.1, 0.15) is 27.7 Å². The van der Waals surface area contributed by atoms with Gasteiger partial charge in [0.15, 0.2) is 0 Å². The maximum absolute atomic E-state index is 11.7. The molecule has 0 spiro atoms. The molecule has 5 unspecified atom stereocenters. The van der Waals surface area contributed by atoms with Crippen LogP contribution >= 0.6 is 10.0 Å². The van der Waals surface area contributed by atoms with Gasteiger partial charge in [-0.1, -0.05) is 0 Å². The fraction of sp³-hybridized carbons (Fsp3) is 0.750. The number of carbonyl (C=O) groups is 4. The number of amides is 1. The first kappa shape index (κ1) is 23.8. The van der Waals surface area contributed by atoms with Crippen molar-refractivity contribution in [2.45, 2.75) is 69.8 Å². The number of hydrogen-bond donors (Lipinski definition) is 1.